The van der Waals surface area contributed by atoms with Gasteiger partial charge in [0, 0.05) is 6.04 Å². The van der Waals surface area contributed by atoms with E-state index in [4.69, 9.17) is 10.5 Å². The van der Waals surface area contributed by atoms with E-state index in [1.807, 2.05) is 0 Å². The minimum atomic E-state index is 0.257. The zero-order valence-corrected chi connectivity index (χ0v) is 9.12. The van der Waals surface area contributed by atoms with Gasteiger partial charge in [-0.25, -0.2) is 0 Å². The van der Waals surface area contributed by atoms with Crippen molar-refractivity contribution >= 4 is 0 Å². The largest absolute Gasteiger partial charge is 0.374 e. The molecule has 0 aromatic heterocycles. The van der Waals surface area contributed by atoms with Gasteiger partial charge in [0.05, 0.1) is 12.2 Å². The Morgan fingerprint density at radius 2 is 2.00 bits per heavy atom. The van der Waals surface area contributed by atoms with Gasteiger partial charge in [0.15, 0.2) is 0 Å². The highest BCUT2D eigenvalue weighted by molar-refractivity contribution is 4.80. The lowest BCUT2D eigenvalue weighted by atomic mass is 9.99. The van der Waals surface area contributed by atoms with E-state index < -0.39 is 0 Å². The number of hydrogen-bond donors (Lipinski definition) is 1. The standard InChI is InChI=1S/C11H23NO/c1-8(2)4-6-10(12)11-7-5-9(3)13-11/h8-11H,4-7,12H2,1-3H3. The van der Waals surface area contributed by atoms with Gasteiger partial charge in [0.2, 0.25) is 0 Å². The van der Waals surface area contributed by atoms with Crippen LogP contribution in [0.1, 0.15) is 46.5 Å². The fourth-order valence-corrected chi connectivity index (χ4v) is 1.86. The number of ether oxygens (including phenoxy) is 1. The fourth-order valence-electron chi connectivity index (χ4n) is 1.86. The third-order valence-electron chi connectivity index (χ3n) is 2.82. The van der Waals surface area contributed by atoms with Gasteiger partial charge in [-0.15, -0.1) is 0 Å². The molecule has 1 aliphatic rings. The monoisotopic (exact) mass is 185 g/mol. The second-order valence-electron chi connectivity index (χ2n) is 4.70. The zero-order valence-electron chi connectivity index (χ0n) is 9.12. The maximum absolute atomic E-state index is 6.06. The molecule has 1 heterocycles. The Hall–Kier alpha value is -0.0800. The molecule has 13 heavy (non-hydrogen) atoms. The SMILES string of the molecule is CC(C)CCC(N)C1CCC(C)O1. The minimum Gasteiger partial charge on any atom is -0.374 e. The van der Waals surface area contributed by atoms with Crippen molar-refractivity contribution in [3.63, 3.8) is 0 Å². The number of hydrogen-bond acceptors (Lipinski definition) is 2. The van der Waals surface area contributed by atoms with Crippen LogP contribution < -0.4 is 5.73 Å². The van der Waals surface area contributed by atoms with Gasteiger partial charge < -0.3 is 10.5 Å². The molecular formula is C11H23NO. The molecule has 0 radical (unpaired) electrons. The highest BCUT2D eigenvalue weighted by atomic mass is 16.5. The van der Waals surface area contributed by atoms with Crippen LogP contribution in [0.15, 0.2) is 0 Å². The summed E-state index contributed by atoms with van der Waals surface area (Å²) >= 11 is 0. The van der Waals surface area contributed by atoms with E-state index in [2.05, 4.69) is 20.8 Å². The summed E-state index contributed by atoms with van der Waals surface area (Å²) in [7, 11) is 0. The average Bonchev–Trinajstić information content (AvgIpc) is 2.47. The molecule has 0 bridgehead atoms. The second kappa shape index (κ2) is 4.97. The highest BCUT2D eigenvalue weighted by Crippen LogP contribution is 2.23. The predicted molar refractivity (Wildman–Crippen MR) is 55.6 cm³/mol. The number of nitrogens with two attached hydrogens (primary N) is 1. The molecular weight excluding hydrogens is 162 g/mol. The molecule has 2 N–H and O–H groups in total. The van der Waals surface area contributed by atoms with Crippen LogP contribution in [-0.4, -0.2) is 18.2 Å². The van der Waals surface area contributed by atoms with E-state index in [1.54, 1.807) is 0 Å². The van der Waals surface area contributed by atoms with Crippen molar-refractivity contribution < 1.29 is 4.74 Å². The first-order chi connectivity index (χ1) is 6.09. The smallest absolute Gasteiger partial charge is 0.0730 e. The average molecular weight is 185 g/mol. The van der Waals surface area contributed by atoms with Crippen LogP contribution in [-0.2, 0) is 4.74 Å². The van der Waals surface area contributed by atoms with Crippen LogP contribution in [0.25, 0.3) is 0 Å². The van der Waals surface area contributed by atoms with Gasteiger partial charge in [0.1, 0.15) is 0 Å². The molecule has 2 heteroatoms. The van der Waals surface area contributed by atoms with Crippen LogP contribution in [0.4, 0.5) is 0 Å². The lowest BCUT2D eigenvalue weighted by Crippen LogP contribution is -2.34. The molecule has 3 unspecified atom stereocenters. The van der Waals surface area contributed by atoms with Crippen molar-refractivity contribution in [2.75, 3.05) is 0 Å². The maximum Gasteiger partial charge on any atom is 0.0730 e. The van der Waals surface area contributed by atoms with Crippen molar-refractivity contribution in [3.8, 4) is 0 Å². The Balaban J connectivity index is 2.19. The maximum atomic E-state index is 6.06. The van der Waals surface area contributed by atoms with Gasteiger partial charge in [-0.1, -0.05) is 13.8 Å². The molecule has 0 aliphatic carbocycles. The van der Waals surface area contributed by atoms with Gasteiger partial charge in [-0.05, 0) is 38.5 Å². The van der Waals surface area contributed by atoms with Crippen molar-refractivity contribution in [2.24, 2.45) is 11.7 Å². The van der Waals surface area contributed by atoms with Crippen LogP contribution >= 0.6 is 0 Å². The summed E-state index contributed by atoms with van der Waals surface area (Å²) in [6.45, 7) is 6.62. The van der Waals surface area contributed by atoms with E-state index >= 15 is 0 Å². The molecule has 0 spiro atoms. The Bertz CT molecular complexity index is 147. The van der Waals surface area contributed by atoms with Gasteiger partial charge >= 0.3 is 0 Å². The van der Waals surface area contributed by atoms with Crippen LogP contribution in [0.2, 0.25) is 0 Å². The van der Waals surface area contributed by atoms with Crippen LogP contribution in [0.5, 0.6) is 0 Å². The lowest BCUT2D eigenvalue weighted by Gasteiger charge is -2.20. The highest BCUT2D eigenvalue weighted by Gasteiger charge is 2.26. The fraction of sp³-hybridized carbons (Fsp3) is 1.00. The first-order valence-electron chi connectivity index (χ1n) is 5.50. The minimum absolute atomic E-state index is 0.257. The summed E-state index contributed by atoms with van der Waals surface area (Å²) in [6, 6.07) is 0.257. The van der Waals surface area contributed by atoms with Gasteiger partial charge in [-0.2, -0.15) is 0 Å². The Labute approximate surface area is 81.8 Å². The topological polar surface area (TPSA) is 35.2 Å². The van der Waals surface area contributed by atoms with Crippen molar-refractivity contribution in [1.29, 1.82) is 0 Å². The van der Waals surface area contributed by atoms with Crippen molar-refractivity contribution in [2.45, 2.75) is 64.7 Å². The Kier molecular flexibility index (Phi) is 4.20. The quantitative estimate of drug-likeness (QED) is 0.729. The molecule has 2 nitrogen and oxygen atoms in total. The van der Waals surface area contributed by atoms with E-state index in [0.29, 0.717) is 12.2 Å². The summed E-state index contributed by atoms with van der Waals surface area (Å²) in [5.41, 5.74) is 6.06. The van der Waals surface area contributed by atoms with Gasteiger partial charge in [-0.3, -0.25) is 0 Å². The summed E-state index contributed by atoms with van der Waals surface area (Å²) in [4.78, 5) is 0. The normalized spacial score (nSPS) is 31.2. The van der Waals surface area contributed by atoms with E-state index in [1.165, 1.54) is 12.8 Å². The molecule has 0 saturated carbocycles. The lowest BCUT2D eigenvalue weighted by molar-refractivity contribution is 0.0377. The molecule has 78 valence electrons. The van der Waals surface area contributed by atoms with Crippen molar-refractivity contribution in [1.82, 2.24) is 0 Å². The predicted octanol–water partition coefficient (Wildman–Crippen LogP) is 2.32. The summed E-state index contributed by atoms with van der Waals surface area (Å²) in [5.74, 6) is 0.755. The van der Waals surface area contributed by atoms with Crippen LogP contribution in [0.3, 0.4) is 0 Å². The van der Waals surface area contributed by atoms with E-state index in [0.717, 1.165) is 18.8 Å². The molecule has 1 saturated heterocycles. The summed E-state index contributed by atoms with van der Waals surface area (Å²) < 4.78 is 5.73. The molecule has 1 fully saturated rings. The molecule has 1 aliphatic heterocycles. The van der Waals surface area contributed by atoms with E-state index in [9.17, 15) is 0 Å². The third kappa shape index (κ3) is 3.65. The third-order valence-corrected chi connectivity index (χ3v) is 2.82. The molecule has 1 rings (SSSR count). The first kappa shape index (κ1) is 11.0. The molecule has 0 aromatic carbocycles. The Morgan fingerprint density at radius 3 is 2.46 bits per heavy atom. The van der Waals surface area contributed by atoms with E-state index in [-0.39, 0.29) is 6.04 Å². The second-order valence-corrected chi connectivity index (χ2v) is 4.70. The zero-order chi connectivity index (χ0) is 9.84. The van der Waals surface area contributed by atoms with Crippen LogP contribution in [0, 0.1) is 5.92 Å². The number of rotatable bonds is 4. The summed E-state index contributed by atoms with van der Waals surface area (Å²) in [5, 5.41) is 0. The Morgan fingerprint density at radius 1 is 1.31 bits per heavy atom. The molecule has 3 atom stereocenters. The van der Waals surface area contributed by atoms with Crippen molar-refractivity contribution in [3.05, 3.63) is 0 Å². The first-order valence-corrected chi connectivity index (χ1v) is 5.50. The van der Waals surface area contributed by atoms with Gasteiger partial charge in [0.25, 0.3) is 0 Å². The molecule has 0 aromatic rings. The summed E-state index contributed by atoms with van der Waals surface area (Å²) in [6.07, 6.45) is 5.41. The molecule has 0 amide bonds.